The molecule has 0 aliphatic rings. The fourth-order valence-electron chi connectivity index (χ4n) is 1.57. The van der Waals surface area contributed by atoms with Gasteiger partial charge in [-0.1, -0.05) is 12.2 Å². The lowest BCUT2D eigenvalue weighted by atomic mass is 10.3. The Hall–Kier alpha value is -0.680. The highest BCUT2D eigenvalue weighted by atomic mass is 16.3. The van der Waals surface area contributed by atoms with Crippen LogP contribution in [0.4, 0.5) is 0 Å². The second-order valence-electron chi connectivity index (χ2n) is 3.84. The van der Waals surface area contributed by atoms with E-state index in [1.165, 1.54) is 0 Å². The number of aliphatic hydroxyl groups excluding tert-OH is 2. The average Bonchev–Trinajstić information content (AvgIpc) is 2.17. The predicted molar refractivity (Wildman–Crippen MR) is 66.9 cm³/mol. The topological polar surface area (TPSA) is 46.9 Å². The van der Waals surface area contributed by atoms with Crippen LogP contribution in [0.5, 0.6) is 0 Å². The van der Waals surface area contributed by atoms with Crippen molar-refractivity contribution < 1.29 is 10.2 Å². The third-order valence-corrected chi connectivity index (χ3v) is 2.41. The summed E-state index contributed by atoms with van der Waals surface area (Å²) in [6.45, 7) is 13.6. The lowest BCUT2D eigenvalue weighted by Crippen LogP contribution is -2.44. The molecule has 2 N–H and O–H groups in total. The maximum absolute atomic E-state index is 9.46. The van der Waals surface area contributed by atoms with Crippen LogP contribution in [-0.2, 0) is 0 Å². The summed E-state index contributed by atoms with van der Waals surface area (Å²) in [6.07, 6.45) is 2.38. The van der Waals surface area contributed by atoms with Crippen LogP contribution in [0.15, 0.2) is 25.3 Å². The molecule has 0 saturated heterocycles. The highest BCUT2D eigenvalue weighted by Crippen LogP contribution is 2.01. The zero-order valence-electron chi connectivity index (χ0n) is 10.3. The molecule has 16 heavy (non-hydrogen) atoms. The summed E-state index contributed by atoms with van der Waals surface area (Å²) in [4.78, 5) is 3.76. The smallest absolute Gasteiger partial charge is 0.106 e. The van der Waals surface area contributed by atoms with E-state index in [1.54, 1.807) is 18.7 Å². The third kappa shape index (κ3) is 6.02. The van der Waals surface area contributed by atoms with Gasteiger partial charge < -0.3 is 10.2 Å². The highest BCUT2D eigenvalue weighted by molar-refractivity contribution is 4.80. The van der Waals surface area contributed by atoms with Gasteiger partial charge in [-0.05, 0) is 13.8 Å². The molecule has 0 amide bonds. The molecule has 0 aromatic carbocycles. The second kappa shape index (κ2) is 8.47. The van der Waals surface area contributed by atoms with Crippen LogP contribution >= 0.6 is 0 Å². The van der Waals surface area contributed by atoms with E-state index in [4.69, 9.17) is 0 Å². The Morgan fingerprint density at radius 3 is 1.75 bits per heavy atom. The standard InChI is InChI=1S/C12H24N2O2/c1-5-7-13(8-6-2)9-10-14(11(3)15)12(4)16/h5-6,11-12,15-16H,1-2,7-10H2,3-4H3. The molecule has 0 heterocycles. The zero-order chi connectivity index (χ0) is 12.6. The van der Waals surface area contributed by atoms with Crippen LogP contribution in [0, 0.1) is 0 Å². The Morgan fingerprint density at radius 2 is 1.44 bits per heavy atom. The van der Waals surface area contributed by atoms with Crippen molar-refractivity contribution >= 4 is 0 Å². The molecule has 0 aliphatic carbocycles. The van der Waals surface area contributed by atoms with Gasteiger partial charge in [0.1, 0.15) is 12.5 Å². The minimum Gasteiger partial charge on any atom is -0.379 e. The van der Waals surface area contributed by atoms with Gasteiger partial charge in [-0.15, -0.1) is 13.2 Å². The molecule has 0 bridgehead atoms. The van der Waals surface area contributed by atoms with Gasteiger partial charge in [0, 0.05) is 26.2 Å². The molecular weight excluding hydrogens is 204 g/mol. The largest absolute Gasteiger partial charge is 0.379 e. The molecule has 4 heteroatoms. The molecular formula is C12H24N2O2. The summed E-state index contributed by atoms with van der Waals surface area (Å²) in [5.74, 6) is 0. The fourth-order valence-corrected chi connectivity index (χ4v) is 1.57. The van der Waals surface area contributed by atoms with Crippen LogP contribution in [-0.4, -0.2) is 58.6 Å². The monoisotopic (exact) mass is 228 g/mol. The van der Waals surface area contributed by atoms with Gasteiger partial charge in [-0.2, -0.15) is 0 Å². The van der Waals surface area contributed by atoms with E-state index in [9.17, 15) is 10.2 Å². The first-order valence-corrected chi connectivity index (χ1v) is 5.59. The lowest BCUT2D eigenvalue weighted by Gasteiger charge is -2.30. The number of aliphatic hydroxyl groups is 2. The van der Waals surface area contributed by atoms with Gasteiger partial charge in [0.15, 0.2) is 0 Å². The van der Waals surface area contributed by atoms with E-state index in [1.807, 2.05) is 12.2 Å². The Kier molecular flexibility index (Phi) is 8.11. The zero-order valence-corrected chi connectivity index (χ0v) is 10.3. The summed E-state index contributed by atoms with van der Waals surface area (Å²) < 4.78 is 0. The van der Waals surface area contributed by atoms with Crippen LogP contribution in [0.2, 0.25) is 0 Å². The molecule has 0 radical (unpaired) electrons. The molecule has 0 saturated carbocycles. The molecule has 0 aliphatic heterocycles. The first-order chi connectivity index (χ1) is 7.52. The van der Waals surface area contributed by atoms with E-state index < -0.39 is 12.5 Å². The van der Waals surface area contributed by atoms with E-state index in [2.05, 4.69) is 18.1 Å². The third-order valence-electron chi connectivity index (χ3n) is 2.41. The lowest BCUT2D eigenvalue weighted by molar-refractivity contribution is -0.0861. The Labute approximate surface area is 98.5 Å². The van der Waals surface area contributed by atoms with Crippen molar-refractivity contribution in [2.75, 3.05) is 26.2 Å². The van der Waals surface area contributed by atoms with Crippen molar-refractivity contribution in [3.8, 4) is 0 Å². The second-order valence-corrected chi connectivity index (χ2v) is 3.84. The van der Waals surface area contributed by atoms with Gasteiger partial charge in [0.25, 0.3) is 0 Å². The van der Waals surface area contributed by atoms with E-state index in [0.29, 0.717) is 6.54 Å². The molecule has 2 atom stereocenters. The Morgan fingerprint density at radius 1 is 1.00 bits per heavy atom. The quantitative estimate of drug-likeness (QED) is 0.449. The number of hydrogen-bond acceptors (Lipinski definition) is 4. The summed E-state index contributed by atoms with van der Waals surface area (Å²) in [5.41, 5.74) is 0. The SMILES string of the molecule is C=CCN(CC=C)CCN(C(C)O)C(C)O. The Balaban J connectivity index is 4.13. The minimum atomic E-state index is -0.644. The molecule has 94 valence electrons. The molecule has 4 nitrogen and oxygen atoms in total. The van der Waals surface area contributed by atoms with Crippen molar-refractivity contribution in [3.05, 3.63) is 25.3 Å². The van der Waals surface area contributed by atoms with Crippen LogP contribution in [0.25, 0.3) is 0 Å². The Bertz CT molecular complexity index is 187. The molecule has 0 rings (SSSR count). The number of hydrogen-bond donors (Lipinski definition) is 2. The molecule has 0 aromatic rings. The van der Waals surface area contributed by atoms with Gasteiger partial charge >= 0.3 is 0 Å². The van der Waals surface area contributed by atoms with Crippen molar-refractivity contribution in [1.82, 2.24) is 9.80 Å². The van der Waals surface area contributed by atoms with Gasteiger partial charge in [0.2, 0.25) is 0 Å². The number of rotatable bonds is 9. The first-order valence-electron chi connectivity index (χ1n) is 5.59. The maximum Gasteiger partial charge on any atom is 0.106 e. The summed E-state index contributed by atoms with van der Waals surface area (Å²) in [5, 5.41) is 18.9. The van der Waals surface area contributed by atoms with E-state index >= 15 is 0 Å². The average molecular weight is 228 g/mol. The molecule has 0 aromatic heterocycles. The van der Waals surface area contributed by atoms with Crippen LogP contribution < -0.4 is 0 Å². The summed E-state index contributed by atoms with van der Waals surface area (Å²) in [7, 11) is 0. The van der Waals surface area contributed by atoms with Gasteiger partial charge in [-0.25, -0.2) is 0 Å². The number of nitrogens with zero attached hydrogens (tertiary/aromatic N) is 2. The van der Waals surface area contributed by atoms with Crippen molar-refractivity contribution in [3.63, 3.8) is 0 Å². The van der Waals surface area contributed by atoms with Gasteiger partial charge in [0.05, 0.1) is 0 Å². The van der Waals surface area contributed by atoms with Crippen molar-refractivity contribution in [1.29, 1.82) is 0 Å². The highest BCUT2D eigenvalue weighted by Gasteiger charge is 2.16. The molecule has 2 unspecified atom stereocenters. The van der Waals surface area contributed by atoms with Gasteiger partial charge in [-0.3, -0.25) is 9.80 Å². The van der Waals surface area contributed by atoms with Crippen LogP contribution in [0.3, 0.4) is 0 Å². The normalized spacial score (nSPS) is 15.1. The fraction of sp³-hybridized carbons (Fsp3) is 0.667. The molecule has 0 fully saturated rings. The summed E-state index contributed by atoms with van der Waals surface area (Å²) >= 11 is 0. The van der Waals surface area contributed by atoms with Crippen molar-refractivity contribution in [2.45, 2.75) is 26.3 Å². The van der Waals surface area contributed by atoms with E-state index in [-0.39, 0.29) is 0 Å². The molecule has 0 spiro atoms. The first kappa shape index (κ1) is 15.3. The minimum absolute atomic E-state index is 0.608. The predicted octanol–water partition coefficient (Wildman–Crippen LogP) is 0.639. The maximum atomic E-state index is 9.46. The van der Waals surface area contributed by atoms with Crippen LogP contribution in [0.1, 0.15) is 13.8 Å². The van der Waals surface area contributed by atoms with E-state index in [0.717, 1.165) is 19.6 Å². The van der Waals surface area contributed by atoms with Crippen molar-refractivity contribution in [2.24, 2.45) is 0 Å². The summed E-state index contributed by atoms with van der Waals surface area (Å²) in [6, 6.07) is 0.